The molecule has 0 saturated heterocycles. The number of benzene rings is 1. The third-order valence-corrected chi connectivity index (χ3v) is 5.46. The highest BCUT2D eigenvalue weighted by molar-refractivity contribution is 5.80. The van der Waals surface area contributed by atoms with Crippen molar-refractivity contribution >= 4 is 17.3 Å². The predicted octanol–water partition coefficient (Wildman–Crippen LogP) is 4.99. The van der Waals surface area contributed by atoms with Crippen LogP contribution in [0.25, 0.3) is 11.4 Å². The Balaban J connectivity index is 1.58. The number of aryl methyl sites for hydroxylation is 3. The van der Waals surface area contributed by atoms with Crippen LogP contribution in [0.4, 0.5) is 15.9 Å². The number of aromatic nitrogens is 3. The van der Waals surface area contributed by atoms with Gasteiger partial charge in [0.2, 0.25) is 0 Å². The van der Waals surface area contributed by atoms with Crippen molar-refractivity contribution in [3.8, 4) is 22.9 Å². The number of pyridine rings is 3. The number of anilines is 2. The molecule has 9 heteroatoms. The Labute approximate surface area is 202 Å². The predicted molar refractivity (Wildman–Crippen MR) is 135 cm³/mol. The second-order valence-corrected chi connectivity index (χ2v) is 7.96. The summed E-state index contributed by atoms with van der Waals surface area (Å²) in [5, 5.41) is 6.45. The molecule has 0 aliphatic carbocycles. The molecule has 0 spiro atoms. The normalized spacial score (nSPS) is 11.3. The zero-order valence-corrected chi connectivity index (χ0v) is 19.5. The summed E-state index contributed by atoms with van der Waals surface area (Å²) in [4.78, 5) is 13.4. The lowest BCUT2D eigenvalue weighted by Gasteiger charge is -2.14. The quantitative estimate of drug-likeness (QED) is 0.143. The molecule has 3 aromatic heterocycles. The van der Waals surface area contributed by atoms with Gasteiger partial charge in [0, 0.05) is 30.6 Å². The van der Waals surface area contributed by atoms with Gasteiger partial charge in [0.05, 0.1) is 11.4 Å². The van der Waals surface area contributed by atoms with Gasteiger partial charge in [-0.2, -0.15) is 5.10 Å². The molecular weight excluding hydrogens is 445 g/mol. The van der Waals surface area contributed by atoms with Crippen LogP contribution < -0.4 is 21.6 Å². The van der Waals surface area contributed by atoms with E-state index in [2.05, 4.69) is 20.4 Å². The van der Waals surface area contributed by atoms with Gasteiger partial charge >= 0.3 is 0 Å². The van der Waals surface area contributed by atoms with E-state index in [-0.39, 0.29) is 17.3 Å². The number of hydrazone groups is 1. The maximum Gasteiger partial charge on any atom is 0.155 e. The first kappa shape index (κ1) is 23.6. The van der Waals surface area contributed by atoms with Gasteiger partial charge in [-0.25, -0.2) is 14.4 Å². The molecule has 0 bridgehead atoms. The summed E-state index contributed by atoms with van der Waals surface area (Å²) >= 11 is 0. The van der Waals surface area contributed by atoms with Crippen LogP contribution in [-0.4, -0.2) is 20.8 Å². The highest BCUT2D eigenvalue weighted by Gasteiger charge is 2.14. The van der Waals surface area contributed by atoms with Gasteiger partial charge in [0.1, 0.15) is 28.9 Å². The van der Waals surface area contributed by atoms with E-state index in [1.807, 2.05) is 38.1 Å². The molecule has 178 valence electrons. The molecule has 8 nitrogen and oxygen atoms in total. The molecule has 4 rings (SSSR count). The van der Waals surface area contributed by atoms with Crippen LogP contribution in [0.5, 0.6) is 11.5 Å². The van der Waals surface area contributed by atoms with Crippen LogP contribution in [-0.2, 0) is 6.42 Å². The zero-order chi connectivity index (χ0) is 24.8. The monoisotopic (exact) mass is 471 g/mol. The van der Waals surface area contributed by atoms with Crippen LogP contribution in [0, 0.1) is 19.7 Å². The Morgan fingerprint density at radius 1 is 1.06 bits per heavy atom. The number of nitrogens with two attached hydrogens (primary N) is 2. The van der Waals surface area contributed by atoms with E-state index in [4.69, 9.17) is 21.3 Å². The molecule has 0 amide bonds. The first-order chi connectivity index (χ1) is 16.9. The molecule has 0 unspecified atom stereocenters. The van der Waals surface area contributed by atoms with Gasteiger partial charge in [0.25, 0.3) is 0 Å². The summed E-state index contributed by atoms with van der Waals surface area (Å²) in [7, 11) is 0. The van der Waals surface area contributed by atoms with Gasteiger partial charge in [-0.15, -0.1) is 0 Å². The second kappa shape index (κ2) is 10.6. The van der Waals surface area contributed by atoms with Gasteiger partial charge in [-0.1, -0.05) is 18.2 Å². The smallest absolute Gasteiger partial charge is 0.155 e. The highest BCUT2D eigenvalue weighted by Crippen LogP contribution is 2.33. The number of rotatable bonds is 8. The largest absolute Gasteiger partial charge is 0.455 e. The van der Waals surface area contributed by atoms with Crippen molar-refractivity contribution in [1.29, 1.82) is 0 Å². The lowest BCUT2D eigenvalue weighted by molar-refractivity contribution is 0.481. The van der Waals surface area contributed by atoms with Crippen LogP contribution in [0.15, 0.2) is 72.1 Å². The summed E-state index contributed by atoms with van der Waals surface area (Å²) in [6.07, 6.45) is 4.04. The molecule has 0 radical (unpaired) electrons. The topological polar surface area (TPSA) is 124 Å². The van der Waals surface area contributed by atoms with Crippen molar-refractivity contribution in [2.24, 2.45) is 16.7 Å². The fourth-order valence-corrected chi connectivity index (χ4v) is 3.45. The number of nitrogens with zero attached hydrogens (tertiary/aromatic N) is 4. The Bertz CT molecular complexity index is 1360. The minimum Gasteiger partial charge on any atom is -0.455 e. The first-order valence-electron chi connectivity index (χ1n) is 11.0. The van der Waals surface area contributed by atoms with Crippen LogP contribution in [0.1, 0.15) is 23.2 Å². The third-order valence-electron chi connectivity index (χ3n) is 5.46. The standard InChI is InChI=1S/C26H26FN7O/c1-16-14-22(26(32-17(16)2)21-7-3-4-12-30-21)35-19-11-13-31-24(15-19)33-20-8-5-6-18(25(20)27)9-10-23(28)34-29/h3-8,11-15H,9-10,29H2,1-2H3,(H2,28,34)(H,31,33). The molecule has 0 saturated carbocycles. The van der Waals surface area contributed by atoms with E-state index in [9.17, 15) is 0 Å². The van der Waals surface area contributed by atoms with Gasteiger partial charge in [-0.05, 0) is 61.7 Å². The van der Waals surface area contributed by atoms with Gasteiger partial charge in [-0.3, -0.25) is 4.98 Å². The summed E-state index contributed by atoms with van der Waals surface area (Å²) in [6.45, 7) is 3.92. The number of halogens is 1. The molecule has 35 heavy (non-hydrogen) atoms. The summed E-state index contributed by atoms with van der Waals surface area (Å²) < 4.78 is 21.2. The third kappa shape index (κ3) is 5.70. The number of amidine groups is 1. The SMILES string of the molecule is Cc1cc(Oc2ccnc(Nc3cccc(CC/C(N)=N/N)c3F)c2)c(-c2ccccn2)nc1C. The van der Waals surface area contributed by atoms with E-state index in [0.717, 1.165) is 11.3 Å². The molecule has 5 N–H and O–H groups in total. The summed E-state index contributed by atoms with van der Waals surface area (Å²) in [5.74, 6) is 6.56. The molecule has 0 atom stereocenters. The fourth-order valence-electron chi connectivity index (χ4n) is 3.45. The van der Waals surface area contributed by atoms with Crippen LogP contribution in [0.3, 0.4) is 0 Å². The zero-order valence-electron chi connectivity index (χ0n) is 19.5. The average Bonchev–Trinajstić information content (AvgIpc) is 2.87. The Morgan fingerprint density at radius 3 is 2.69 bits per heavy atom. The lowest BCUT2D eigenvalue weighted by atomic mass is 10.1. The van der Waals surface area contributed by atoms with Crippen molar-refractivity contribution in [1.82, 2.24) is 15.0 Å². The fraction of sp³-hybridized carbons (Fsp3) is 0.154. The minimum atomic E-state index is -0.388. The van der Waals surface area contributed by atoms with Crippen LogP contribution >= 0.6 is 0 Å². The van der Waals surface area contributed by atoms with Gasteiger partial charge < -0.3 is 21.6 Å². The molecule has 3 heterocycles. The molecule has 1 aromatic carbocycles. The van der Waals surface area contributed by atoms with E-state index in [0.29, 0.717) is 47.1 Å². The number of nitrogens with one attached hydrogen (secondary N) is 1. The van der Waals surface area contributed by atoms with Crippen LogP contribution in [0.2, 0.25) is 0 Å². The molecular formula is C26H26FN7O. The van der Waals surface area contributed by atoms with E-state index < -0.39 is 0 Å². The first-order valence-corrected chi connectivity index (χ1v) is 11.0. The number of ether oxygens (including phenoxy) is 1. The number of hydrogen-bond acceptors (Lipinski definition) is 7. The van der Waals surface area contributed by atoms with E-state index >= 15 is 4.39 Å². The van der Waals surface area contributed by atoms with Gasteiger partial charge in [0.15, 0.2) is 5.75 Å². The van der Waals surface area contributed by atoms with Crippen molar-refractivity contribution in [2.45, 2.75) is 26.7 Å². The van der Waals surface area contributed by atoms with Crippen molar-refractivity contribution in [3.05, 3.63) is 89.6 Å². The van der Waals surface area contributed by atoms with Crippen molar-refractivity contribution < 1.29 is 9.13 Å². The maximum absolute atomic E-state index is 15.0. The molecule has 0 aliphatic heterocycles. The highest BCUT2D eigenvalue weighted by atomic mass is 19.1. The summed E-state index contributed by atoms with van der Waals surface area (Å²) in [5.41, 5.74) is 9.65. The molecule has 0 aliphatic rings. The second-order valence-electron chi connectivity index (χ2n) is 7.96. The lowest BCUT2D eigenvalue weighted by Crippen LogP contribution is -2.15. The Morgan fingerprint density at radius 2 is 1.91 bits per heavy atom. The van der Waals surface area contributed by atoms with Crippen molar-refractivity contribution in [3.63, 3.8) is 0 Å². The Hall–Kier alpha value is -4.53. The molecule has 0 fully saturated rings. The van der Waals surface area contributed by atoms with E-state index in [1.54, 1.807) is 42.7 Å². The van der Waals surface area contributed by atoms with E-state index in [1.165, 1.54) is 0 Å². The average molecular weight is 472 g/mol. The summed E-state index contributed by atoms with van der Waals surface area (Å²) in [6, 6.07) is 16.1. The van der Waals surface area contributed by atoms with Crippen molar-refractivity contribution in [2.75, 3.05) is 5.32 Å². The molecule has 4 aromatic rings. The Kier molecular flexibility index (Phi) is 7.15. The maximum atomic E-state index is 15.0. The number of hydrogen-bond donors (Lipinski definition) is 3. The minimum absolute atomic E-state index is 0.264.